The van der Waals surface area contributed by atoms with Crippen LogP contribution in [-0.2, 0) is 11.3 Å². The molecule has 0 aliphatic carbocycles. The van der Waals surface area contributed by atoms with Crippen LogP contribution in [0.25, 0.3) is 11.1 Å². The summed E-state index contributed by atoms with van der Waals surface area (Å²) in [5, 5.41) is 0. The second-order valence-electron chi connectivity index (χ2n) is 6.45. The average molecular weight is 413 g/mol. The highest BCUT2D eigenvalue weighted by atomic mass is 16.5. The predicted molar refractivity (Wildman–Crippen MR) is 109 cm³/mol. The second-order valence-corrected chi connectivity index (χ2v) is 6.45. The minimum absolute atomic E-state index is 0.0170. The number of aromatic nitrogens is 1. The number of amides is 2. The van der Waals surface area contributed by atoms with E-state index in [0.717, 1.165) is 6.42 Å². The van der Waals surface area contributed by atoms with Gasteiger partial charge in [-0.2, -0.15) is 0 Å². The maximum atomic E-state index is 12.3. The van der Waals surface area contributed by atoms with E-state index in [4.69, 9.17) is 13.9 Å². The summed E-state index contributed by atoms with van der Waals surface area (Å²) in [4.78, 5) is 36.3. The fraction of sp³-hybridized carbons (Fsp3) is 0.286. The molecule has 1 aromatic heterocycles. The van der Waals surface area contributed by atoms with Crippen molar-refractivity contribution in [3.63, 3.8) is 0 Å². The molecule has 3 rings (SSSR count). The van der Waals surface area contributed by atoms with E-state index in [1.165, 1.54) is 17.7 Å². The second kappa shape index (κ2) is 9.64. The Balaban J connectivity index is 1.56. The summed E-state index contributed by atoms with van der Waals surface area (Å²) < 4.78 is 17.3. The molecular weight excluding hydrogens is 390 g/mol. The van der Waals surface area contributed by atoms with Crippen LogP contribution in [0.2, 0.25) is 0 Å². The maximum Gasteiger partial charge on any atom is 0.419 e. The Labute approximate surface area is 172 Å². The van der Waals surface area contributed by atoms with Gasteiger partial charge in [0.15, 0.2) is 17.1 Å². The van der Waals surface area contributed by atoms with Gasteiger partial charge in [-0.15, -0.1) is 0 Å². The molecule has 0 bridgehead atoms. The lowest BCUT2D eigenvalue weighted by molar-refractivity contribution is -0.122. The molecule has 1 heterocycles. The minimum Gasteiger partial charge on any atom is -0.493 e. The highest BCUT2D eigenvalue weighted by Crippen LogP contribution is 2.28. The molecule has 3 aromatic rings. The number of rotatable bonds is 8. The summed E-state index contributed by atoms with van der Waals surface area (Å²) in [6.07, 6.45) is 0.828. The Morgan fingerprint density at radius 3 is 2.67 bits per heavy atom. The number of oxazole rings is 1. The van der Waals surface area contributed by atoms with Crippen LogP contribution >= 0.6 is 0 Å². The van der Waals surface area contributed by atoms with Gasteiger partial charge in [0.05, 0.1) is 19.2 Å². The number of hydrogen-bond acceptors (Lipinski definition) is 6. The van der Waals surface area contributed by atoms with E-state index in [2.05, 4.69) is 10.9 Å². The van der Waals surface area contributed by atoms with Crippen LogP contribution < -0.4 is 26.1 Å². The van der Waals surface area contributed by atoms with Crippen molar-refractivity contribution in [1.82, 2.24) is 15.4 Å². The fourth-order valence-corrected chi connectivity index (χ4v) is 2.84. The van der Waals surface area contributed by atoms with Crippen LogP contribution in [0.4, 0.5) is 0 Å². The van der Waals surface area contributed by atoms with Crippen molar-refractivity contribution < 1.29 is 23.5 Å². The third-order valence-electron chi connectivity index (χ3n) is 4.34. The van der Waals surface area contributed by atoms with E-state index in [0.29, 0.717) is 34.8 Å². The highest BCUT2D eigenvalue weighted by Gasteiger charge is 2.13. The Morgan fingerprint density at radius 2 is 1.90 bits per heavy atom. The number of benzene rings is 2. The first kappa shape index (κ1) is 21.0. The topological polar surface area (TPSA) is 112 Å². The molecule has 0 aliphatic rings. The molecular formula is C21H23N3O6. The Bertz CT molecular complexity index is 1100. The summed E-state index contributed by atoms with van der Waals surface area (Å²) in [5.41, 5.74) is 6.05. The van der Waals surface area contributed by atoms with Crippen LogP contribution in [0.3, 0.4) is 0 Å². The maximum absolute atomic E-state index is 12.3. The number of nitrogens with one attached hydrogen (secondary N) is 2. The summed E-state index contributed by atoms with van der Waals surface area (Å²) in [6, 6.07) is 11.7. The van der Waals surface area contributed by atoms with Gasteiger partial charge in [0, 0.05) is 18.5 Å². The molecule has 0 spiro atoms. The van der Waals surface area contributed by atoms with Crippen LogP contribution in [0.5, 0.6) is 11.5 Å². The lowest BCUT2D eigenvalue weighted by Crippen LogP contribution is -2.42. The number of nitrogens with zero attached hydrogens (tertiary/aromatic N) is 1. The molecule has 0 unspecified atom stereocenters. The first-order valence-electron chi connectivity index (χ1n) is 9.52. The van der Waals surface area contributed by atoms with E-state index in [1.54, 1.807) is 36.4 Å². The predicted octanol–water partition coefficient (Wildman–Crippen LogP) is 2.24. The summed E-state index contributed by atoms with van der Waals surface area (Å²) in [5.74, 6) is -0.526. The molecule has 0 fully saturated rings. The van der Waals surface area contributed by atoms with Crippen molar-refractivity contribution in [1.29, 1.82) is 0 Å². The molecule has 2 N–H and O–H groups in total. The van der Waals surface area contributed by atoms with Crippen LogP contribution in [0.15, 0.2) is 51.7 Å². The summed E-state index contributed by atoms with van der Waals surface area (Å²) in [7, 11) is 1.49. The number of methoxy groups -OCH3 is 1. The molecule has 9 heteroatoms. The van der Waals surface area contributed by atoms with Crippen LogP contribution in [0, 0.1) is 0 Å². The zero-order valence-corrected chi connectivity index (χ0v) is 16.8. The zero-order valence-electron chi connectivity index (χ0n) is 16.8. The minimum atomic E-state index is -0.537. The quantitative estimate of drug-likeness (QED) is 0.548. The van der Waals surface area contributed by atoms with Gasteiger partial charge in [-0.05, 0) is 36.8 Å². The monoisotopic (exact) mass is 413 g/mol. The number of carbonyl (C=O) groups excluding carboxylic acids is 2. The lowest BCUT2D eigenvalue weighted by atomic mass is 10.2. The van der Waals surface area contributed by atoms with Gasteiger partial charge in [0.2, 0.25) is 5.91 Å². The molecule has 0 aliphatic heterocycles. The molecule has 9 nitrogen and oxygen atoms in total. The van der Waals surface area contributed by atoms with Crippen molar-refractivity contribution in [3.05, 3.63) is 58.6 Å². The molecule has 0 saturated carbocycles. The van der Waals surface area contributed by atoms with Gasteiger partial charge < -0.3 is 13.9 Å². The zero-order chi connectivity index (χ0) is 21.5. The summed E-state index contributed by atoms with van der Waals surface area (Å²) >= 11 is 0. The first-order valence-corrected chi connectivity index (χ1v) is 9.52. The largest absolute Gasteiger partial charge is 0.493 e. The first-order chi connectivity index (χ1) is 14.5. The number of ether oxygens (including phenoxy) is 2. The number of aryl methyl sites for hydroxylation is 1. The number of carbonyl (C=O) groups is 2. The number of hydrogen-bond donors (Lipinski definition) is 2. The number of para-hydroxylation sites is 2. The van der Waals surface area contributed by atoms with Gasteiger partial charge in [0.25, 0.3) is 5.91 Å². The van der Waals surface area contributed by atoms with Crippen LogP contribution in [-0.4, -0.2) is 30.1 Å². The van der Waals surface area contributed by atoms with Crippen molar-refractivity contribution in [2.75, 3.05) is 13.7 Å². The van der Waals surface area contributed by atoms with Crippen molar-refractivity contribution in [2.45, 2.75) is 26.3 Å². The normalized spacial score (nSPS) is 10.6. The lowest BCUT2D eigenvalue weighted by Gasteiger charge is -2.12. The highest BCUT2D eigenvalue weighted by molar-refractivity contribution is 5.96. The molecule has 0 radical (unpaired) electrons. The molecule has 2 amide bonds. The Kier molecular flexibility index (Phi) is 6.74. The third-order valence-corrected chi connectivity index (χ3v) is 4.34. The molecule has 30 heavy (non-hydrogen) atoms. The fourth-order valence-electron chi connectivity index (χ4n) is 2.84. The molecule has 158 valence electrons. The van der Waals surface area contributed by atoms with Gasteiger partial charge >= 0.3 is 5.76 Å². The molecule has 2 aromatic carbocycles. The van der Waals surface area contributed by atoms with Crippen molar-refractivity contribution in [2.24, 2.45) is 0 Å². The molecule has 0 atom stereocenters. The number of hydrazine groups is 1. The van der Waals surface area contributed by atoms with Gasteiger partial charge in [-0.25, -0.2) is 4.79 Å². The van der Waals surface area contributed by atoms with Gasteiger partial charge in [-0.1, -0.05) is 19.1 Å². The third kappa shape index (κ3) is 4.80. The van der Waals surface area contributed by atoms with E-state index in [1.807, 2.05) is 6.92 Å². The van der Waals surface area contributed by atoms with Gasteiger partial charge in [-0.3, -0.25) is 25.0 Å². The number of fused-ring (bicyclic) bond motifs is 1. The molecule has 0 saturated heterocycles. The van der Waals surface area contributed by atoms with E-state index in [9.17, 15) is 14.4 Å². The van der Waals surface area contributed by atoms with Crippen LogP contribution in [0.1, 0.15) is 30.1 Å². The van der Waals surface area contributed by atoms with Crippen molar-refractivity contribution in [3.8, 4) is 11.5 Å². The Hall–Kier alpha value is -3.75. The van der Waals surface area contributed by atoms with E-state index >= 15 is 0 Å². The van der Waals surface area contributed by atoms with E-state index < -0.39 is 17.6 Å². The van der Waals surface area contributed by atoms with E-state index in [-0.39, 0.29) is 13.0 Å². The summed E-state index contributed by atoms with van der Waals surface area (Å²) in [6.45, 7) is 2.64. The average Bonchev–Trinajstić information content (AvgIpc) is 3.09. The SMILES string of the molecule is CCCOc1ccc(C(=O)NNC(=O)CCn2c(=O)oc3ccccc32)cc1OC. The Morgan fingerprint density at radius 1 is 1.10 bits per heavy atom. The van der Waals surface area contributed by atoms with Gasteiger partial charge in [0.1, 0.15) is 0 Å². The standard InChI is InChI=1S/C21H23N3O6/c1-3-12-29-17-9-8-14(13-18(17)28-2)20(26)23-22-19(25)10-11-24-15-6-4-5-7-16(15)30-21(24)27/h4-9,13H,3,10-12H2,1-2H3,(H,22,25)(H,23,26). The smallest absolute Gasteiger partial charge is 0.419 e. The van der Waals surface area contributed by atoms with Crippen molar-refractivity contribution >= 4 is 22.9 Å².